The standard InChI is InChI=1S/C23H15Cl2F5N4O/c1-10-20(11(2)34(33-10)9-15-17(26)4-3-5-18(15)27)32-22(35)14-8-19(23(28,29)30)31-21-13(14)6-12(24)7-16(21)25/h3-8H,9H2,1-2H3,(H,32,35). The normalized spacial score (nSPS) is 11.8. The number of aryl methyl sites for hydroxylation is 1. The van der Waals surface area contributed by atoms with E-state index in [2.05, 4.69) is 15.4 Å². The van der Waals surface area contributed by atoms with Gasteiger partial charge in [0.1, 0.15) is 17.3 Å². The number of alkyl halides is 3. The monoisotopic (exact) mass is 528 g/mol. The highest BCUT2D eigenvalue weighted by Gasteiger charge is 2.34. The fraction of sp³-hybridized carbons (Fsp3) is 0.174. The second-order valence-electron chi connectivity index (χ2n) is 7.69. The Hall–Kier alpha value is -3.24. The molecule has 2 heterocycles. The first kappa shape index (κ1) is 24.9. The third-order valence-electron chi connectivity index (χ3n) is 5.36. The maximum absolute atomic E-state index is 14.1. The number of carbonyl (C=O) groups excluding carboxylic acids is 1. The summed E-state index contributed by atoms with van der Waals surface area (Å²) in [5.74, 6) is -2.43. The van der Waals surface area contributed by atoms with Crippen LogP contribution in [0.15, 0.2) is 36.4 Å². The Balaban J connectivity index is 1.76. The Bertz CT molecular complexity index is 1460. The first-order valence-electron chi connectivity index (χ1n) is 10.0. The highest BCUT2D eigenvalue weighted by molar-refractivity contribution is 6.39. The minimum absolute atomic E-state index is 0.0177. The van der Waals surface area contributed by atoms with E-state index in [0.717, 1.165) is 12.1 Å². The SMILES string of the molecule is Cc1nn(Cc2c(F)cccc2F)c(C)c1NC(=O)c1cc(C(F)(F)F)nc2c(Cl)cc(Cl)cc12. The molecule has 0 aliphatic carbocycles. The highest BCUT2D eigenvalue weighted by atomic mass is 35.5. The number of benzene rings is 2. The Morgan fingerprint density at radius 2 is 1.74 bits per heavy atom. The number of nitrogens with zero attached hydrogens (tertiary/aromatic N) is 3. The Morgan fingerprint density at radius 3 is 2.37 bits per heavy atom. The molecule has 2 aromatic carbocycles. The van der Waals surface area contributed by atoms with Crippen LogP contribution in [0, 0.1) is 25.5 Å². The first-order chi connectivity index (χ1) is 16.4. The van der Waals surface area contributed by atoms with Gasteiger partial charge in [-0.05, 0) is 44.2 Å². The lowest BCUT2D eigenvalue weighted by Crippen LogP contribution is -2.17. The largest absolute Gasteiger partial charge is 0.433 e. The predicted octanol–water partition coefficient (Wildman–Crippen LogP) is 6.95. The average Bonchev–Trinajstić information content (AvgIpc) is 3.02. The molecule has 0 unspecified atom stereocenters. The van der Waals surface area contributed by atoms with Crippen molar-refractivity contribution in [1.29, 1.82) is 0 Å². The highest BCUT2D eigenvalue weighted by Crippen LogP contribution is 2.35. The zero-order valence-corrected chi connectivity index (χ0v) is 19.6. The molecule has 5 nitrogen and oxygen atoms in total. The number of halogens is 7. The molecule has 0 spiro atoms. The number of pyridine rings is 1. The van der Waals surface area contributed by atoms with Gasteiger partial charge < -0.3 is 5.32 Å². The number of fused-ring (bicyclic) bond motifs is 1. The zero-order valence-electron chi connectivity index (χ0n) is 18.1. The molecule has 1 amide bonds. The van der Waals surface area contributed by atoms with Crippen molar-refractivity contribution in [1.82, 2.24) is 14.8 Å². The van der Waals surface area contributed by atoms with Gasteiger partial charge in [-0.2, -0.15) is 18.3 Å². The van der Waals surface area contributed by atoms with E-state index in [1.54, 1.807) is 6.92 Å². The smallest absolute Gasteiger partial charge is 0.319 e. The van der Waals surface area contributed by atoms with Gasteiger partial charge in [-0.25, -0.2) is 13.8 Å². The summed E-state index contributed by atoms with van der Waals surface area (Å²) in [5.41, 5.74) is -1.33. The van der Waals surface area contributed by atoms with Crippen molar-refractivity contribution in [2.45, 2.75) is 26.6 Å². The van der Waals surface area contributed by atoms with Crippen LogP contribution in [-0.4, -0.2) is 20.7 Å². The van der Waals surface area contributed by atoms with E-state index < -0.39 is 29.4 Å². The molecule has 12 heteroatoms. The molecular formula is C23H15Cl2F5N4O. The van der Waals surface area contributed by atoms with Gasteiger partial charge in [0, 0.05) is 16.0 Å². The number of carbonyl (C=O) groups is 1. The van der Waals surface area contributed by atoms with Crippen molar-refractivity contribution in [3.05, 3.63) is 86.3 Å². The van der Waals surface area contributed by atoms with Gasteiger partial charge in [-0.1, -0.05) is 29.3 Å². The minimum atomic E-state index is -4.84. The number of hydrogen-bond acceptors (Lipinski definition) is 3. The van der Waals surface area contributed by atoms with Gasteiger partial charge in [0.15, 0.2) is 0 Å². The number of aromatic nitrogens is 3. The molecule has 0 bridgehead atoms. The maximum Gasteiger partial charge on any atom is 0.433 e. The molecule has 0 aliphatic heterocycles. The van der Waals surface area contributed by atoms with E-state index in [1.807, 2.05) is 0 Å². The fourth-order valence-electron chi connectivity index (χ4n) is 3.63. The van der Waals surface area contributed by atoms with Gasteiger partial charge in [0.2, 0.25) is 0 Å². The van der Waals surface area contributed by atoms with Crippen molar-refractivity contribution >= 4 is 45.7 Å². The number of anilines is 1. The summed E-state index contributed by atoms with van der Waals surface area (Å²) in [4.78, 5) is 16.7. The first-order valence-corrected chi connectivity index (χ1v) is 10.8. The number of rotatable bonds is 4. The van der Waals surface area contributed by atoms with Gasteiger partial charge in [0.25, 0.3) is 5.91 Å². The third kappa shape index (κ3) is 4.81. The minimum Gasteiger partial charge on any atom is -0.319 e. The second-order valence-corrected chi connectivity index (χ2v) is 8.54. The van der Waals surface area contributed by atoms with Gasteiger partial charge in [-0.3, -0.25) is 9.48 Å². The van der Waals surface area contributed by atoms with Gasteiger partial charge >= 0.3 is 6.18 Å². The van der Waals surface area contributed by atoms with Gasteiger partial charge in [0.05, 0.1) is 39.7 Å². The molecule has 182 valence electrons. The van der Waals surface area contributed by atoms with Crippen LogP contribution in [0.4, 0.5) is 27.6 Å². The quantitative estimate of drug-likeness (QED) is 0.291. The van der Waals surface area contributed by atoms with Crippen molar-refractivity contribution in [2.75, 3.05) is 5.32 Å². The van der Waals surface area contributed by atoms with Crippen LogP contribution >= 0.6 is 23.2 Å². The summed E-state index contributed by atoms with van der Waals surface area (Å²) in [6, 6.07) is 6.56. The van der Waals surface area contributed by atoms with E-state index in [-0.39, 0.29) is 50.0 Å². The molecule has 35 heavy (non-hydrogen) atoms. The van der Waals surface area contributed by atoms with Crippen molar-refractivity contribution in [2.24, 2.45) is 0 Å². The molecule has 1 N–H and O–H groups in total. The molecule has 0 saturated heterocycles. The lowest BCUT2D eigenvalue weighted by molar-refractivity contribution is -0.140. The van der Waals surface area contributed by atoms with E-state index in [4.69, 9.17) is 23.2 Å². The summed E-state index contributed by atoms with van der Waals surface area (Å²) in [5, 5.41) is 6.73. The Morgan fingerprint density at radius 1 is 1.09 bits per heavy atom. The topological polar surface area (TPSA) is 59.8 Å². The van der Waals surface area contributed by atoms with Crippen LogP contribution in [0.2, 0.25) is 10.0 Å². The molecule has 4 aromatic rings. The summed E-state index contributed by atoms with van der Waals surface area (Å²) < 4.78 is 69.8. The fourth-order valence-corrected chi connectivity index (χ4v) is 4.17. The average molecular weight is 529 g/mol. The van der Waals surface area contributed by atoms with Crippen LogP contribution in [0.3, 0.4) is 0 Å². The molecule has 2 aromatic heterocycles. The Kier molecular flexibility index (Phi) is 6.46. The lowest BCUT2D eigenvalue weighted by Gasteiger charge is -2.13. The van der Waals surface area contributed by atoms with Crippen LogP contribution < -0.4 is 5.32 Å². The summed E-state index contributed by atoms with van der Waals surface area (Å²) in [6.07, 6.45) is -4.84. The maximum atomic E-state index is 14.1. The van der Waals surface area contributed by atoms with Crippen LogP contribution in [0.25, 0.3) is 10.9 Å². The molecule has 0 saturated carbocycles. The molecule has 4 rings (SSSR count). The van der Waals surface area contributed by atoms with E-state index in [1.165, 1.54) is 29.8 Å². The van der Waals surface area contributed by atoms with Crippen LogP contribution in [-0.2, 0) is 12.7 Å². The number of amides is 1. The molecule has 0 aliphatic rings. The second kappa shape index (κ2) is 9.09. The van der Waals surface area contributed by atoms with E-state index in [0.29, 0.717) is 11.8 Å². The summed E-state index contributed by atoms with van der Waals surface area (Å²) in [6.45, 7) is 2.83. The number of hydrogen-bond donors (Lipinski definition) is 1. The molecule has 0 fully saturated rings. The number of nitrogens with one attached hydrogen (secondary N) is 1. The van der Waals surface area contributed by atoms with E-state index in [9.17, 15) is 26.7 Å². The van der Waals surface area contributed by atoms with Crippen molar-refractivity contribution < 1.29 is 26.7 Å². The van der Waals surface area contributed by atoms with Gasteiger partial charge in [-0.15, -0.1) is 0 Å². The van der Waals surface area contributed by atoms with Crippen molar-refractivity contribution in [3.63, 3.8) is 0 Å². The summed E-state index contributed by atoms with van der Waals surface area (Å²) >= 11 is 12.1. The summed E-state index contributed by atoms with van der Waals surface area (Å²) in [7, 11) is 0. The molecular weight excluding hydrogens is 514 g/mol. The van der Waals surface area contributed by atoms with E-state index >= 15 is 0 Å². The lowest BCUT2D eigenvalue weighted by atomic mass is 10.1. The molecule has 0 atom stereocenters. The predicted molar refractivity (Wildman–Crippen MR) is 122 cm³/mol. The van der Waals surface area contributed by atoms with Crippen molar-refractivity contribution in [3.8, 4) is 0 Å². The molecule has 0 radical (unpaired) electrons. The van der Waals surface area contributed by atoms with Crippen LogP contribution in [0.5, 0.6) is 0 Å². The Labute approximate surface area is 205 Å². The third-order valence-corrected chi connectivity index (χ3v) is 5.86. The zero-order chi connectivity index (χ0) is 25.7. The van der Waals surface area contributed by atoms with Crippen LogP contribution in [0.1, 0.15) is 33.0 Å².